The Morgan fingerprint density at radius 3 is 2.25 bits per heavy atom. The van der Waals surface area contributed by atoms with Gasteiger partial charge in [-0.3, -0.25) is 0 Å². The van der Waals surface area contributed by atoms with Gasteiger partial charge >= 0.3 is 6.03 Å². The number of pyridine rings is 1. The first-order valence-electron chi connectivity index (χ1n) is 9.87. The Balaban J connectivity index is 1.48. The number of hydrogen-bond donors (Lipinski definition) is 2. The summed E-state index contributed by atoms with van der Waals surface area (Å²) in [5.74, 6) is 2.04. The average Bonchev–Trinajstić information content (AvgIpc) is 3.20. The number of benzene rings is 2. The number of amides is 2. The minimum Gasteiger partial charge on any atom is -0.493 e. The van der Waals surface area contributed by atoms with E-state index in [9.17, 15) is 4.79 Å². The number of aromatic nitrogens is 3. The van der Waals surface area contributed by atoms with Crippen LogP contribution in [0, 0.1) is 0 Å². The van der Waals surface area contributed by atoms with Crippen molar-refractivity contribution in [2.45, 2.75) is 6.42 Å². The lowest BCUT2D eigenvalue weighted by Crippen LogP contribution is -2.19. The van der Waals surface area contributed by atoms with E-state index in [2.05, 4.69) is 20.7 Å². The lowest BCUT2D eigenvalue weighted by atomic mass is 10.1. The van der Waals surface area contributed by atoms with Gasteiger partial charge in [-0.2, -0.15) is 5.10 Å². The molecule has 0 aliphatic heterocycles. The Morgan fingerprint density at radius 1 is 0.906 bits per heavy atom. The molecule has 4 aromatic rings. The van der Waals surface area contributed by atoms with Gasteiger partial charge in [-0.15, -0.1) is 0 Å². The summed E-state index contributed by atoms with van der Waals surface area (Å²) < 4.78 is 17.6. The molecule has 0 spiro atoms. The molecule has 0 aliphatic rings. The molecule has 2 aromatic carbocycles. The maximum atomic E-state index is 12.5. The van der Waals surface area contributed by atoms with Crippen LogP contribution in [0.15, 0.2) is 60.8 Å². The molecule has 2 amide bonds. The molecule has 2 aromatic heterocycles. The number of nitrogens with zero attached hydrogens (tertiary/aromatic N) is 3. The Labute approximate surface area is 184 Å². The highest BCUT2D eigenvalue weighted by Crippen LogP contribution is 2.39. The summed E-state index contributed by atoms with van der Waals surface area (Å²) in [5, 5.41) is 10.1. The summed E-state index contributed by atoms with van der Waals surface area (Å²) in [6.07, 6.45) is 2.35. The van der Waals surface area contributed by atoms with E-state index in [0.717, 1.165) is 5.56 Å². The highest BCUT2D eigenvalue weighted by Gasteiger charge is 2.15. The first-order valence-corrected chi connectivity index (χ1v) is 9.87. The first-order chi connectivity index (χ1) is 15.6. The van der Waals surface area contributed by atoms with E-state index in [1.807, 2.05) is 30.3 Å². The number of ether oxygens (including phenoxy) is 3. The fourth-order valence-corrected chi connectivity index (χ4v) is 3.30. The first kappa shape index (κ1) is 21.0. The van der Waals surface area contributed by atoms with Gasteiger partial charge in [0.15, 0.2) is 23.0 Å². The van der Waals surface area contributed by atoms with E-state index in [1.54, 1.807) is 35.0 Å². The van der Waals surface area contributed by atoms with Gasteiger partial charge in [-0.1, -0.05) is 30.3 Å². The summed E-state index contributed by atoms with van der Waals surface area (Å²) in [4.78, 5) is 17.1. The topological polar surface area (TPSA) is 99.0 Å². The zero-order chi connectivity index (χ0) is 22.5. The Bertz CT molecular complexity index is 1210. The summed E-state index contributed by atoms with van der Waals surface area (Å²) in [7, 11) is 4.55. The lowest BCUT2D eigenvalue weighted by molar-refractivity contribution is 0.262. The van der Waals surface area contributed by atoms with Crippen LogP contribution in [-0.2, 0) is 6.42 Å². The van der Waals surface area contributed by atoms with Crippen molar-refractivity contribution in [3.63, 3.8) is 0 Å². The van der Waals surface area contributed by atoms with E-state index >= 15 is 0 Å². The number of nitrogens with one attached hydrogen (secondary N) is 2. The third-order valence-corrected chi connectivity index (χ3v) is 4.76. The van der Waals surface area contributed by atoms with Crippen LogP contribution in [0.5, 0.6) is 17.2 Å². The number of rotatable bonds is 7. The van der Waals surface area contributed by atoms with Crippen molar-refractivity contribution in [1.82, 2.24) is 14.6 Å². The fourth-order valence-electron chi connectivity index (χ4n) is 3.30. The largest absolute Gasteiger partial charge is 0.493 e. The Hall–Kier alpha value is -4.27. The summed E-state index contributed by atoms with van der Waals surface area (Å²) in [6, 6.07) is 16.5. The molecule has 0 aliphatic carbocycles. The Kier molecular flexibility index (Phi) is 6.07. The SMILES string of the molecule is COc1cc(NC(=O)Nc2ccc3nc(Cc4ccccc4)nn3c2)cc(OC)c1OC. The molecule has 0 unspecified atom stereocenters. The molecule has 32 heavy (non-hydrogen) atoms. The number of methoxy groups -OCH3 is 3. The average molecular weight is 433 g/mol. The molecule has 0 saturated heterocycles. The van der Waals surface area contributed by atoms with Gasteiger partial charge in [-0.05, 0) is 17.7 Å². The standard InChI is InChI=1S/C23H23N5O4/c1-30-18-12-17(13-19(31-2)22(18)32-3)25-23(29)24-16-9-10-21-26-20(27-28(21)14-16)11-15-7-5-4-6-8-15/h4-10,12-14H,11H2,1-3H3,(H2,24,25,29). The number of hydrogen-bond acceptors (Lipinski definition) is 6. The molecular weight excluding hydrogens is 410 g/mol. The molecule has 2 heterocycles. The van der Waals surface area contributed by atoms with Gasteiger partial charge in [-0.25, -0.2) is 14.3 Å². The quantitative estimate of drug-likeness (QED) is 0.457. The maximum Gasteiger partial charge on any atom is 0.323 e. The third kappa shape index (κ3) is 4.56. The second-order valence-electron chi connectivity index (χ2n) is 6.90. The van der Waals surface area contributed by atoms with Crippen LogP contribution >= 0.6 is 0 Å². The molecule has 4 rings (SSSR count). The van der Waals surface area contributed by atoms with Crippen LogP contribution in [0.2, 0.25) is 0 Å². The zero-order valence-corrected chi connectivity index (χ0v) is 18.0. The van der Waals surface area contributed by atoms with Crippen molar-refractivity contribution >= 4 is 23.1 Å². The summed E-state index contributed by atoms with van der Waals surface area (Å²) in [6.45, 7) is 0. The minimum atomic E-state index is -0.428. The molecule has 0 bridgehead atoms. The van der Waals surface area contributed by atoms with Gasteiger partial charge in [0.05, 0.1) is 38.9 Å². The summed E-state index contributed by atoms with van der Waals surface area (Å²) >= 11 is 0. The van der Waals surface area contributed by atoms with Crippen molar-refractivity contribution in [3.05, 3.63) is 72.2 Å². The molecule has 0 radical (unpaired) electrons. The van der Waals surface area contributed by atoms with Gasteiger partial charge in [0.2, 0.25) is 5.75 Å². The number of anilines is 2. The zero-order valence-electron chi connectivity index (χ0n) is 18.0. The van der Waals surface area contributed by atoms with Crippen molar-refractivity contribution in [2.24, 2.45) is 0 Å². The molecule has 0 saturated carbocycles. The molecule has 164 valence electrons. The third-order valence-electron chi connectivity index (χ3n) is 4.76. The number of urea groups is 1. The number of fused-ring (bicyclic) bond motifs is 1. The van der Waals surface area contributed by atoms with Gasteiger partial charge in [0.1, 0.15) is 0 Å². The van der Waals surface area contributed by atoms with Gasteiger partial charge in [0, 0.05) is 18.6 Å². The molecule has 0 atom stereocenters. The van der Waals surface area contributed by atoms with Gasteiger partial charge in [0.25, 0.3) is 0 Å². The summed E-state index contributed by atoms with van der Waals surface area (Å²) in [5.41, 5.74) is 2.89. The number of carbonyl (C=O) groups excluding carboxylic acids is 1. The van der Waals surface area contributed by atoms with Crippen LogP contribution in [0.1, 0.15) is 11.4 Å². The smallest absolute Gasteiger partial charge is 0.323 e. The highest BCUT2D eigenvalue weighted by molar-refractivity contribution is 6.00. The lowest BCUT2D eigenvalue weighted by Gasteiger charge is -2.15. The fraction of sp³-hybridized carbons (Fsp3) is 0.174. The maximum absolute atomic E-state index is 12.5. The van der Waals surface area contributed by atoms with E-state index in [-0.39, 0.29) is 0 Å². The number of carbonyl (C=O) groups is 1. The second kappa shape index (κ2) is 9.25. The van der Waals surface area contributed by atoms with E-state index in [4.69, 9.17) is 14.2 Å². The minimum absolute atomic E-state index is 0.428. The highest BCUT2D eigenvalue weighted by atomic mass is 16.5. The van der Waals surface area contributed by atoms with Crippen LogP contribution in [-0.4, -0.2) is 42.0 Å². The van der Waals surface area contributed by atoms with Crippen molar-refractivity contribution in [1.29, 1.82) is 0 Å². The molecule has 9 nitrogen and oxygen atoms in total. The van der Waals surface area contributed by atoms with Crippen LogP contribution < -0.4 is 24.8 Å². The second-order valence-corrected chi connectivity index (χ2v) is 6.90. The van der Waals surface area contributed by atoms with Crippen LogP contribution in [0.3, 0.4) is 0 Å². The van der Waals surface area contributed by atoms with Crippen molar-refractivity contribution < 1.29 is 19.0 Å². The monoisotopic (exact) mass is 433 g/mol. The van der Waals surface area contributed by atoms with E-state index < -0.39 is 6.03 Å². The van der Waals surface area contributed by atoms with E-state index in [0.29, 0.717) is 46.5 Å². The van der Waals surface area contributed by atoms with Crippen molar-refractivity contribution in [3.8, 4) is 17.2 Å². The molecule has 0 fully saturated rings. The van der Waals surface area contributed by atoms with Crippen LogP contribution in [0.4, 0.5) is 16.2 Å². The molecule has 9 heteroatoms. The predicted molar refractivity (Wildman–Crippen MR) is 121 cm³/mol. The van der Waals surface area contributed by atoms with Crippen LogP contribution in [0.25, 0.3) is 5.65 Å². The van der Waals surface area contributed by atoms with Crippen molar-refractivity contribution in [2.75, 3.05) is 32.0 Å². The van der Waals surface area contributed by atoms with E-state index in [1.165, 1.54) is 21.3 Å². The van der Waals surface area contributed by atoms with Gasteiger partial charge < -0.3 is 24.8 Å². The normalized spacial score (nSPS) is 10.6. The molecular formula is C23H23N5O4. The Morgan fingerprint density at radius 2 is 1.59 bits per heavy atom. The predicted octanol–water partition coefficient (Wildman–Crippen LogP) is 3.99. The molecule has 2 N–H and O–H groups in total.